The predicted octanol–water partition coefficient (Wildman–Crippen LogP) is -2.53. The van der Waals surface area contributed by atoms with Crippen LogP contribution in [0.4, 0.5) is 0 Å². The lowest BCUT2D eigenvalue weighted by Crippen LogP contribution is -2.66. The van der Waals surface area contributed by atoms with Gasteiger partial charge >= 0.3 is 77.6 Å². The van der Waals surface area contributed by atoms with Crippen LogP contribution in [-0.2, 0) is 238 Å². The molecule has 0 spiro atoms. The van der Waals surface area contributed by atoms with E-state index in [1.165, 1.54) is 50.9 Å². The number of nitrogens with one attached hydrogen (secondary N) is 4. The lowest BCUT2D eigenvalue weighted by atomic mass is 9.79. The molecule has 1 unspecified atom stereocenters. The van der Waals surface area contributed by atoms with Crippen LogP contribution in [0.5, 0.6) is 0 Å². The molecular weight excluding hydrogens is 2000 g/mol. The van der Waals surface area contributed by atoms with Crippen molar-refractivity contribution in [1.82, 2.24) is 91.0 Å². The molecule has 58 nitrogen and oxygen atoms in total. The van der Waals surface area contributed by atoms with Crippen molar-refractivity contribution in [3.63, 3.8) is 0 Å². The molecule has 0 bridgehead atoms. The predicted molar refractivity (Wildman–Crippen MR) is 498 cm³/mol. The van der Waals surface area contributed by atoms with E-state index in [4.69, 9.17) is 104 Å². The molecule has 2 aliphatic carbocycles. The highest BCUT2D eigenvalue weighted by Gasteiger charge is 2.56. The standard InChI is InChI=1S/C92H138N18O40/c1-51(111)93-78-74(37-67(47-137-55(5)115)82(141-59(9)119)86(78)145-63(13)123)133-33-29-129-25-23-109-45-71(99-103-109)41-106(42-72-46-110(104-100-72)24-26-130-30-34-134-75-38-68(48-138-56(6)116)83(142-60(10)120)87(146-64(14)124)79(75)94-52(2)112)73(90(127)128)19-17-18-20-105(39-69-43-107(101-97-69)21-27-131-31-35-135-91-80(95-53(3)113)88(147-65(15)125)84(143-61(11)121)76(149-91)49-139-57(7)117)40-70-44-108(102-98-70)22-28-132-32-36-136-92-81(96-54(4)114)89(148-66(16)126)85(144-62(12)122)77(150-92)50-140-58(8)118/h43-46,67-68,73-89,91-92H,17-42,47-50H2,1-16H3,(H,93,111)(H,94,112)(H,95,113)(H,96,114)(H,127,128)/t67-,68-,73+,74-,75-,76-,77-,78+,79+,80-,81?,82+,83+,84+,85+,86-,87-,88-,89-,91-,92-/m1/s1. The topological polar surface area (TPSA) is 691 Å². The number of esters is 12. The molecule has 0 aromatic carbocycles. The molecule has 5 N–H and O–H groups in total. The smallest absolute Gasteiger partial charge is 0.320 e. The fraction of sp³-hybridized carbons (Fsp3) is 0.728. The fourth-order valence-electron chi connectivity index (χ4n) is 17.3. The van der Waals surface area contributed by atoms with Gasteiger partial charge in [0.15, 0.2) is 49.2 Å². The van der Waals surface area contributed by atoms with E-state index in [2.05, 4.69) is 62.5 Å². The van der Waals surface area contributed by atoms with Crippen LogP contribution in [0.15, 0.2) is 24.8 Å². The zero-order chi connectivity index (χ0) is 110. The van der Waals surface area contributed by atoms with Gasteiger partial charge < -0.3 is 131 Å². The van der Waals surface area contributed by atoms with E-state index in [0.717, 1.165) is 69.2 Å². The second-order valence-electron chi connectivity index (χ2n) is 35.7. The second-order valence-corrected chi connectivity index (χ2v) is 35.7. The van der Waals surface area contributed by atoms with Gasteiger partial charge in [-0.3, -0.25) is 91.3 Å². The van der Waals surface area contributed by atoms with Crippen LogP contribution < -0.4 is 21.3 Å². The Kier molecular flexibility index (Phi) is 51.1. The van der Waals surface area contributed by atoms with Gasteiger partial charge in [0.25, 0.3) is 0 Å². The summed E-state index contributed by atoms with van der Waals surface area (Å²) in [6.45, 7) is 18.1. The zero-order valence-corrected chi connectivity index (χ0v) is 86.8. The van der Waals surface area contributed by atoms with Gasteiger partial charge in [0, 0.05) is 174 Å². The van der Waals surface area contributed by atoms with Crippen molar-refractivity contribution in [1.29, 1.82) is 0 Å². The number of hydrogen-bond donors (Lipinski definition) is 5. The minimum Gasteiger partial charge on any atom is -0.480 e. The summed E-state index contributed by atoms with van der Waals surface area (Å²) in [7, 11) is 0. The average Bonchev–Trinajstić information content (AvgIpc) is 0.909. The van der Waals surface area contributed by atoms with Crippen molar-refractivity contribution in [2.75, 3.05) is 112 Å². The van der Waals surface area contributed by atoms with Gasteiger partial charge in [-0.2, -0.15) is 0 Å². The van der Waals surface area contributed by atoms with Crippen molar-refractivity contribution in [2.24, 2.45) is 11.8 Å². The lowest BCUT2D eigenvalue weighted by molar-refractivity contribution is -0.279. The zero-order valence-electron chi connectivity index (χ0n) is 86.8. The third kappa shape index (κ3) is 42.8. The van der Waals surface area contributed by atoms with E-state index < -0.39 is 242 Å². The number of carboxylic acid groups (broad SMARTS) is 1. The monoisotopic (exact) mass is 2130 g/mol. The quantitative estimate of drug-likeness (QED) is 0.0173. The summed E-state index contributed by atoms with van der Waals surface area (Å²) in [4.78, 5) is 215. The van der Waals surface area contributed by atoms with Crippen molar-refractivity contribution in [3.05, 3.63) is 47.6 Å². The Morgan fingerprint density at radius 2 is 0.607 bits per heavy atom. The van der Waals surface area contributed by atoms with Gasteiger partial charge in [0.1, 0.15) is 55.8 Å². The van der Waals surface area contributed by atoms with Gasteiger partial charge in [-0.15, -0.1) is 20.4 Å². The molecule has 150 heavy (non-hydrogen) atoms. The molecule has 4 aliphatic rings. The lowest BCUT2D eigenvalue weighted by Gasteiger charge is -2.45. The van der Waals surface area contributed by atoms with Gasteiger partial charge in [0.05, 0.1) is 166 Å². The third-order valence-corrected chi connectivity index (χ3v) is 23.0. The maximum atomic E-state index is 13.9. The third-order valence-electron chi connectivity index (χ3n) is 23.0. The summed E-state index contributed by atoms with van der Waals surface area (Å²) < 4.78 is 132. The Balaban J connectivity index is 0.979. The number of hydrogen-bond acceptors (Lipinski definition) is 49. The molecule has 4 fully saturated rings. The van der Waals surface area contributed by atoms with Crippen LogP contribution in [0, 0.1) is 11.8 Å². The van der Waals surface area contributed by atoms with Crippen LogP contribution in [0.3, 0.4) is 0 Å². The number of amides is 4. The molecule has 2 aliphatic heterocycles. The highest BCUT2D eigenvalue weighted by Crippen LogP contribution is 2.37. The van der Waals surface area contributed by atoms with Gasteiger partial charge in [-0.25, -0.2) is 18.7 Å². The molecule has 2 saturated carbocycles. The van der Waals surface area contributed by atoms with Crippen molar-refractivity contribution in [3.8, 4) is 0 Å². The van der Waals surface area contributed by atoms with Crippen LogP contribution in [0.2, 0.25) is 0 Å². The maximum absolute atomic E-state index is 13.9. The Hall–Kier alpha value is -12.9. The normalized spacial score (nSPS) is 23.7. The van der Waals surface area contributed by atoms with E-state index in [9.17, 15) is 86.6 Å². The molecule has 4 aromatic heterocycles. The average molecular weight is 2140 g/mol. The molecule has 4 aromatic rings. The Labute approximate surface area is 862 Å². The van der Waals surface area contributed by atoms with Crippen molar-refractivity contribution < 1.29 is 191 Å². The summed E-state index contributed by atoms with van der Waals surface area (Å²) >= 11 is 0. The molecule has 6 heterocycles. The van der Waals surface area contributed by atoms with E-state index >= 15 is 0 Å². The van der Waals surface area contributed by atoms with Gasteiger partial charge in [-0.05, 0) is 32.2 Å². The SMILES string of the molecule is CC(=O)NC1[C@H](OCCOCCn2cc(CN(CCCC[C@@H](C(=O)O)N(Cc3cn(CCOCCO[C@@H]4C[C@H](COC(C)=O)[C@H](OC(C)=O)[C@H](OC(C)=O)[C@H]4NC(C)=O)nn3)Cc3cn(CCOCCO[C@@H]4C[C@H](COC(C)=O)[C@H](OC(C)=O)[C@H](OC(C)=O)[C@H]4NC(C)=O)nn3)Cc3cn(CCOCCO[C@@H]4O[C@H](COC(C)=O)[C@H](OC(C)=O)[C@H](OC(C)=O)[C@H]4NC(C)=O)nn3)nn2)O[C@H](COC(C)=O)[C@H](OC(C)=O)[C@@H]1OC(C)=O. The molecule has 4 amide bonds. The Morgan fingerprint density at radius 1 is 0.333 bits per heavy atom. The van der Waals surface area contributed by atoms with Gasteiger partial charge in [0.2, 0.25) is 23.6 Å². The number of carboxylic acids is 1. The van der Waals surface area contributed by atoms with Crippen molar-refractivity contribution >= 4 is 101 Å². The number of rotatable bonds is 63. The highest BCUT2D eigenvalue weighted by atomic mass is 16.7. The summed E-state index contributed by atoms with van der Waals surface area (Å²) in [5.74, 6) is -13.5. The fourth-order valence-corrected chi connectivity index (χ4v) is 17.3. The number of ether oxygens (including phenoxy) is 22. The Bertz CT molecular complexity index is 4790. The number of unbranched alkanes of at least 4 members (excludes halogenated alkanes) is 1. The van der Waals surface area contributed by atoms with E-state index in [-0.39, 0.29) is 164 Å². The first kappa shape index (κ1) is 122. The van der Waals surface area contributed by atoms with Crippen LogP contribution in [0.25, 0.3) is 0 Å². The summed E-state index contributed by atoms with van der Waals surface area (Å²) in [5, 5.41) is 57.3. The number of carbonyl (C=O) groups is 17. The van der Waals surface area contributed by atoms with Crippen LogP contribution in [-0.4, -0.2) is 404 Å². The number of nitrogens with zero attached hydrogens (tertiary/aromatic N) is 14. The summed E-state index contributed by atoms with van der Waals surface area (Å²) in [6, 6.07) is -5.68. The summed E-state index contributed by atoms with van der Waals surface area (Å²) in [5.41, 5.74) is 1.68. The van der Waals surface area contributed by atoms with E-state index in [1.807, 2.05) is 4.90 Å². The summed E-state index contributed by atoms with van der Waals surface area (Å²) in [6.07, 6.45) is -9.43. The molecule has 21 atom stereocenters. The highest BCUT2D eigenvalue weighted by molar-refractivity contribution is 5.77. The number of aliphatic carboxylic acids is 1. The van der Waals surface area contributed by atoms with E-state index in [0.29, 0.717) is 42.2 Å². The molecule has 836 valence electrons. The molecule has 8 rings (SSSR count). The first-order chi connectivity index (χ1) is 71.3. The van der Waals surface area contributed by atoms with E-state index in [1.54, 1.807) is 39.1 Å². The first-order valence-corrected chi connectivity index (χ1v) is 48.7. The molecule has 2 saturated heterocycles. The number of carbonyl (C=O) groups excluding carboxylic acids is 16. The number of aromatic nitrogens is 12. The van der Waals surface area contributed by atoms with Crippen LogP contribution >= 0.6 is 0 Å². The second kappa shape index (κ2) is 62.6. The molecule has 58 heteroatoms. The maximum Gasteiger partial charge on any atom is 0.320 e. The minimum absolute atomic E-state index is 0.00844. The molecule has 0 radical (unpaired) electrons. The largest absolute Gasteiger partial charge is 0.480 e. The van der Waals surface area contributed by atoms with Crippen molar-refractivity contribution in [2.45, 2.75) is 311 Å². The molecular formula is C92H138N18O40. The minimum atomic E-state index is -1.35. The Morgan fingerprint density at radius 3 is 0.900 bits per heavy atom. The van der Waals surface area contributed by atoms with Crippen LogP contribution in [0.1, 0.15) is 166 Å². The first-order valence-electron chi connectivity index (χ1n) is 48.7. The van der Waals surface area contributed by atoms with Gasteiger partial charge in [-0.1, -0.05) is 27.3 Å².